The first-order valence-corrected chi connectivity index (χ1v) is 7.74. The fourth-order valence-corrected chi connectivity index (χ4v) is 2.54. The van der Waals surface area contributed by atoms with E-state index < -0.39 is 0 Å². The summed E-state index contributed by atoms with van der Waals surface area (Å²) in [4.78, 5) is 22.8. The van der Waals surface area contributed by atoms with Gasteiger partial charge in [0, 0.05) is 29.9 Å². The third-order valence-electron chi connectivity index (χ3n) is 3.74. The van der Waals surface area contributed by atoms with Gasteiger partial charge in [-0.15, -0.1) is 0 Å². The number of nitrogens with one attached hydrogen (secondary N) is 1. The molecule has 1 aromatic carbocycles. The van der Waals surface area contributed by atoms with Crippen LogP contribution < -0.4 is 10.2 Å². The lowest BCUT2D eigenvalue weighted by molar-refractivity contribution is 0.102. The Balaban J connectivity index is 1.78. The summed E-state index contributed by atoms with van der Waals surface area (Å²) in [5.41, 5.74) is 1.82. The van der Waals surface area contributed by atoms with Crippen LogP contribution in [0.4, 0.5) is 11.5 Å². The maximum atomic E-state index is 12.4. The van der Waals surface area contributed by atoms with Crippen molar-refractivity contribution in [1.82, 2.24) is 9.97 Å². The zero-order chi connectivity index (χ0) is 16.2. The van der Waals surface area contributed by atoms with Crippen molar-refractivity contribution in [3.63, 3.8) is 0 Å². The minimum Gasteiger partial charge on any atom is -0.378 e. The smallest absolute Gasteiger partial charge is 0.274 e. The predicted octanol–water partition coefficient (Wildman–Crippen LogP) is 2.53. The summed E-state index contributed by atoms with van der Waals surface area (Å²) in [7, 11) is 0. The van der Waals surface area contributed by atoms with Crippen molar-refractivity contribution in [2.45, 2.75) is 6.92 Å². The standard InChI is InChI=1S/C16H17ClN4O2/c1-11-12(17)3-2-4-13(11)20-16(22)14-9-15(19-10-18-14)21-5-7-23-8-6-21/h2-4,9-10H,5-8H2,1H3,(H,20,22). The van der Waals surface area contributed by atoms with Crippen LogP contribution in [0.2, 0.25) is 5.02 Å². The second-order valence-corrected chi connectivity index (χ2v) is 5.63. The topological polar surface area (TPSA) is 67.4 Å². The van der Waals surface area contributed by atoms with E-state index in [2.05, 4.69) is 20.2 Å². The van der Waals surface area contributed by atoms with Crippen LogP contribution in [0.15, 0.2) is 30.6 Å². The van der Waals surface area contributed by atoms with Crippen LogP contribution in [0.5, 0.6) is 0 Å². The molecule has 0 spiro atoms. The molecule has 0 saturated carbocycles. The summed E-state index contributed by atoms with van der Waals surface area (Å²) in [6.07, 6.45) is 1.41. The Morgan fingerprint density at radius 3 is 2.87 bits per heavy atom. The number of hydrogen-bond donors (Lipinski definition) is 1. The number of halogens is 1. The quantitative estimate of drug-likeness (QED) is 0.935. The number of rotatable bonds is 3. The molecule has 6 nitrogen and oxygen atoms in total. The van der Waals surface area contributed by atoms with E-state index in [1.165, 1.54) is 6.33 Å². The molecule has 1 saturated heterocycles. The first-order valence-electron chi connectivity index (χ1n) is 7.36. The summed E-state index contributed by atoms with van der Waals surface area (Å²) in [5.74, 6) is 0.448. The molecular weight excluding hydrogens is 316 g/mol. The molecule has 1 N–H and O–H groups in total. The van der Waals surface area contributed by atoms with Gasteiger partial charge < -0.3 is 15.0 Å². The number of nitrogens with zero attached hydrogens (tertiary/aromatic N) is 3. The van der Waals surface area contributed by atoms with Gasteiger partial charge in [-0.1, -0.05) is 17.7 Å². The average Bonchev–Trinajstić information content (AvgIpc) is 2.60. The first-order chi connectivity index (χ1) is 11.1. The van der Waals surface area contributed by atoms with Gasteiger partial charge in [0.1, 0.15) is 17.8 Å². The molecule has 0 radical (unpaired) electrons. The number of hydrogen-bond acceptors (Lipinski definition) is 5. The first kappa shape index (κ1) is 15.7. The monoisotopic (exact) mass is 332 g/mol. The van der Waals surface area contributed by atoms with Crippen molar-refractivity contribution in [1.29, 1.82) is 0 Å². The van der Waals surface area contributed by atoms with E-state index in [0.717, 1.165) is 24.5 Å². The third-order valence-corrected chi connectivity index (χ3v) is 4.15. The van der Waals surface area contributed by atoms with Crippen molar-refractivity contribution < 1.29 is 9.53 Å². The van der Waals surface area contributed by atoms with Crippen molar-refractivity contribution in [2.24, 2.45) is 0 Å². The predicted molar refractivity (Wildman–Crippen MR) is 89.2 cm³/mol. The fourth-order valence-electron chi connectivity index (χ4n) is 2.37. The Morgan fingerprint density at radius 2 is 2.09 bits per heavy atom. The van der Waals surface area contributed by atoms with Crippen LogP contribution in [-0.4, -0.2) is 42.2 Å². The molecule has 1 aromatic heterocycles. The van der Waals surface area contributed by atoms with Crippen LogP contribution in [0.25, 0.3) is 0 Å². The van der Waals surface area contributed by atoms with Gasteiger partial charge in [-0.3, -0.25) is 4.79 Å². The van der Waals surface area contributed by atoms with Crippen LogP contribution >= 0.6 is 11.6 Å². The minimum absolute atomic E-state index is 0.285. The van der Waals surface area contributed by atoms with Gasteiger partial charge in [-0.25, -0.2) is 9.97 Å². The molecule has 2 aromatic rings. The Hall–Kier alpha value is -2.18. The highest BCUT2D eigenvalue weighted by Crippen LogP contribution is 2.23. The second kappa shape index (κ2) is 6.93. The number of morpholine rings is 1. The van der Waals surface area contributed by atoms with Crippen LogP contribution in [0.1, 0.15) is 16.1 Å². The van der Waals surface area contributed by atoms with Crippen molar-refractivity contribution >= 4 is 29.0 Å². The molecule has 1 amide bonds. The molecule has 0 bridgehead atoms. The van der Waals surface area contributed by atoms with E-state index in [1.807, 2.05) is 13.0 Å². The summed E-state index contributed by atoms with van der Waals surface area (Å²) < 4.78 is 5.33. The van der Waals surface area contributed by atoms with Gasteiger partial charge in [-0.2, -0.15) is 0 Å². The highest BCUT2D eigenvalue weighted by molar-refractivity contribution is 6.31. The van der Waals surface area contributed by atoms with E-state index >= 15 is 0 Å². The lowest BCUT2D eigenvalue weighted by atomic mass is 10.2. The van der Waals surface area contributed by atoms with Crippen LogP contribution in [0.3, 0.4) is 0 Å². The molecule has 2 heterocycles. The molecule has 3 rings (SSSR count). The van der Waals surface area contributed by atoms with E-state index in [1.54, 1.807) is 18.2 Å². The van der Waals surface area contributed by atoms with E-state index in [4.69, 9.17) is 16.3 Å². The number of amides is 1. The van der Waals surface area contributed by atoms with E-state index in [0.29, 0.717) is 29.6 Å². The average molecular weight is 333 g/mol. The van der Waals surface area contributed by atoms with Crippen LogP contribution in [-0.2, 0) is 4.74 Å². The normalized spacial score (nSPS) is 14.6. The molecule has 7 heteroatoms. The largest absolute Gasteiger partial charge is 0.378 e. The number of anilines is 2. The molecule has 1 aliphatic heterocycles. The Morgan fingerprint density at radius 1 is 1.30 bits per heavy atom. The molecule has 0 unspecified atom stereocenters. The van der Waals surface area contributed by atoms with Gasteiger partial charge in [0.15, 0.2) is 0 Å². The number of carbonyl (C=O) groups excluding carboxylic acids is 1. The summed E-state index contributed by atoms with van der Waals surface area (Å²) in [6.45, 7) is 4.69. The van der Waals surface area contributed by atoms with Crippen molar-refractivity contribution in [3.05, 3.63) is 46.9 Å². The zero-order valence-electron chi connectivity index (χ0n) is 12.8. The van der Waals surface area contributed by atoms with Gasteiger partial charge in [0.05, 0.1) is 13.2 Å². The minimum atomic E-state index is -0.285. The maximum Gasteiger partial charge on any atom is 0.274 e. The highest BCUT2D eigenvalue weighted by Gasteiger charge is 2.16. The van der Waals surface area contributed by atoms with Crippen molar-refractivity contribution in [2.75, 3.05) is 36.5 Å². The van der Waals surface area contributed by atoms with Crippen LogP contribution in [0, 0.1) is 6.92 Å². The van der Waals surface area contributed by atoms with Gasteiger partial charge in [-0.05, 0) is 24.6 Å². The molecule has 0 atom stereocenters. The van der Waals surface area contributed by atoms with Crippen molar-refractivity contribution in [3.8, 4) is 0 Å². The summed E-state index contributed by atoms with van der Waals surface area (Å²) >= 11 is 6.07. The van der Waals surface area contributed by atoms with Gasteiger partial charge in [0.25, 0.3) is 5.91 Å². The highest BCUT2D eigenvalue weighted by atomic mass is 35.5. The zero-order valence-corrected chi connectivity index (χ0v) is 13.5. The van der Waals surface area contributed by atoms with Gasteiger partial charge >= 0.3 is 0 Å². The molecule has 120 valence electrons. The molecule has 0 aliphatic carbocycles. The molecular formula is C16H17ClN4O2. The number of ether oxygens (including phenoxy) is 1. The Kier molecular flexibility index (Phi) is 4.73. The lowest BCUT2D eigenvalue weighted by Gasteiger charge is -2.27. The number of benzene rings is 1. The van der Waals surface area contributed by atoms with E-state index in [9.17, 15) is 4.79 Å². The fraction of sp³-hybridized carbons (Fsp3) is 0.312. The Bertz CT molecular complexity index is 717. The SMILES string of the molecule is Cc1c(Cl)cccc1NC(=O)c1cc(N2CCOCC2)ncn1. The molecule has 23 heavy (non-hydrogen) atoms. The van der Waals surface area contributed by atoms with E-state index in [-0.39, 0.29) is 5.91 Å². The summed E-state index contributed by atoms with van der Waals surface area (Å²) in [5, 5.41) is 3.45. The second-order valence-electron chi connectivity index (χ2n) is 5.23. The molecule has 1 aliphatic rings. The van der Waals surface area contributed by atoms with Gasteiger partial charge in [0.2, 0.25) is 0 Å². The lowest BCUT2D eigenvalue weighted by Crippen LogP contribution is -2.37. The Labute approximate surface area is 139 Å². The summed E-state index contributed by atoms with van der Waals surface area (Å²) in [6, 6.07) is 7.08. The third kappa shape index (κ3) is 3.60. The number of carbonyl (C=O) groups is 1. The molecule has 1 fully saturated rings. The maximum absolute atomic E-state index is 12.4. The number of aromatic nitrogens is 2.